The quantitative estimate of drug-likeness (QED) is 0.0461. The summed E-state index contributed by atoms with van der Waals surface area (Å²) in [5.41, 5.74) is 12.7. The Morgan fingerprint density at radius 1 is 1.35 bits per heavy atom. The highest BCUT2D eigenvalue weighted by Crippen LogP contribution is 2.36. The number of nitrogen functional groups attached to an aromatic ring is 1. The largest absolute Gasteiger partial charge is 0.486 e. The molecule has 48 heavy (non-hydrogen) atoms. The number of ether oxygens (including phenoxy) is 1. The van der Waals surface area contributed by atoms with E-state index in [1.54, 1.807) is 12.1 Å². The van der Waals surface area contributed by atoms with Gasteiger partial charge in [-0.2, -0.15) is 19.0 Å². The van der Waals surface area contributed by atoms with E-state index in [9.17, 15) is 27.9 Å². The van der Waals surface area contributed by atoms with E-state index in [1.807, 2.05) is 6.07 Å². The predicted octanol–water partition coefficient (Wildman–Crippen LogP) is -0.320. The summed E-state index contributed by atoms with van der Waals surface area (Å²) in [6, 6.07) is 2.56. The van der Waals surface area contributed by atoms with E-state index in [0.717, 1.165) is 42.0 Å². The topological polar surface area (TPSA) is 270 Å². The monoisotopic (exact) mass is 710 g/mol. The van der Waals surface area contributed by atoms with Gasteiger partial charge in [-0.1, -0.05) is 0 Å². The number of aliphatic imine (C=N–C) groups is 1. The molecule has 1 unspecified atom stereocenters. The van der Waals surface area contributed by atoms with E-state index in [-0.39, 0.29) is 17.2 Å². The molecule has 2 fully saturated rings. The van der Waals surface area contributed by atoms with Gasteiger partial charge in [0.25, 0.3) is 5.91 Å². The van der Waals surface area contributed by atoms with Crippen LogP contribution in [0.5, 0.6) is 5.75 Å². The minimum atomic E-state index is -5.01. The Hall–Kier alpha value is -3.92. The Balaban J connectivity index is 1.29. The molecule has 2 amide bonds. The van der Waals surface area contributed by atoms with Crippen LogP contribution in [0.1, 0.15) is 56.5 Å². The first-order valence-corrected chi connectivity index (χ1v) is 17.2. The lowest BCUT2D eigenvalue weighted by Gasteiger charge is -2.50. The minimum Gasteiger partial charge on any atom is -0.486 e. The second-order valence-corrected chi connectivity index (χ2v) is 14.4. The van der Waals surface area contributed by atoms with E-state index in [2.05, 4.69) is 30.4 Å². The number of rotatable bonds is 13. The lowest BCUT2D eigenvalue weighted by molar-refractivity contribution is -0.219. The van der Waals surface area contributed by atoms with E-state index in [1.165, 1.54) is 26.2 Å². The summed E-state index contributed by atoms with van der Waals surface area (Å²) in [7, 11) is -5.01. The molecule has 20 heteroatoms. The molecule has 9 N–H and O–H groups in total. The van der Waals surface area contributed by atoms with Crippen molar-refractivity contribution in [2.75, 3.05) is 25.4 Å². The van der Waals surface area contributed by atoms with Gasteiger partial charge >= 0.3 is 16.4 Å². The number of fused-ring (bicyclic) bond motifs is 1. The number of amidine groups is 1. The molecule has 3 aliphatic heterocycles. The van der Waals surface area contributed by atoms with Gasteiger partial charge in [0, 0.05) is 17.5 Å². The SMILES string of the molecule is CC1(C)[C@H](NC(=O)C(NO[C@](C)(C(=O)O)[C@H]2CCc3cc(C(N)=NC[C@@H]4CCNC4)ccc3O2)c2csc(N)n2)C(=O)N1OS(=O)(=O)O. The lowest BCUT2D eigenvalue weighted by atomic mass is 9.84. The lowest BCUT2D eigenvalue weighted by Crippen LogP contribution is -2.77. The van der Waals surface area contributed by atoms with Crippen molar-refractivity contribution >= 4 is 50.5 Å². The third-order valence-corrected chi connectivity index (χ3v) is 9.67. The first-order valence-electron chi connectivity index (χ1n) is 15.0. The minimum absolute atomic E-state index is 0.0595. The van der Waals surface area contributed by atoms with Crippen LogP contribution in [0.15, 0.2) is 28.6 Å². The number of carbonyl (C=O) groups is 3. The molecule has 1 aromatic heterocycles. The molecule has 2 aromatic rings. The summed E-state index contributed by atoms with van der Waals surface area (Å²) in [4.78, 5) is 53.2. The zero-order valence-corrected chi connectivity index (χ0v) is 28.0. The van der Waals surface area contributed by atoms with Gasteiger partial charge in [-0.15, -0.1) is 15.6 Å². The highest BCUT2D eigenvalue weighted by Gasteiger charge is 2.58. The van der Waals surface area contributed by atoms with Gasteiger partial charge < -0.3 is 31.9 Å². The number of nitrogens with two attached hydrogens (primary N) is 2. The smallest absolute Gasteiger partial charge is 0.418 e. The number of carbonyl (C=O) groups excluding carboxylic acids is 2. The van der Waals surface area contributed by atoms with E-state index in [0.29, 0.717) is 35.5 Å². The van der Waals surface area contributed by atoms with Crippen molar-refractivity contribution in [2.24, 2.45) is 16.6 Å². The molecule has 0 spiro atoms. The number of nitrogens with zero attached hydrogens (tertiary/aromatic N) is 3. The highest BCUT2D eigenvalue weighted by atomic mass is 32.3. The fourth-order valence-electron chi connectivity index (χ4n) is 5.68. The molecule has 1 aromatic carbocycles. The van der Waals surface area contributed by atoms with Crippen molar-refractivity contribution in [3.05, 3.63) is 40.4 Å². The summed E-state index contributed by atoms with van der Waals surface area (Å²) in [6.45, 7) is 6.58. The second-order valence-electron chi connectivity index (χ2n) is 12.5. The van der Waals surface area contributed by atoms with E-state index < -0.39 is 57.5 Å². The van der Waals surface area contributed by atoms with E-state index >= 15 is 0 Å². The molecule has 0 radical (unpaired) electrons. The molecular formula is C28H38N8O10S2. The first-order chi connectivity index (χ1) is 22.5. The van der Waals surface area contributed by atoms with Crippen LogP contribution in [0.25, 0.3) is 0 Å². The normalized spacial score (nSPS) is 24.2. The fourth-order valence-corrected chi connectivity index (χ4v) is 6.72. The van der Waals surface area contributed by atoms with Crippen LogP contribution >= 0.6 is 11.3 Å². The summed E-state index contributed by atoms with van der Waals surface area (Å²) < 4.78 is 41.8. The molecule has 3 aliphatic rings. The average molecular weight is 711 g/mol. The number of carboxylic acid groups (broad SMARTS) is 1. The zero-order valence-electron chi connectivity index (χ0n) is 26.3. The second kappa shape index (κ2) is 13.5. The number of nitrogens with one attached hydrogen (secondary N) is 3. The molecular weight excluding hydrogens is 672 g/mol. The van der Waals surface area contributed by atoms with Gasteiger partial charge in [0.2, 0.25) is 11.5 Å². The summed E-state index contributed by atoms with van der Waals surface area (Å²) in [6.07, 6.45) is 0.711. The van der Waals surface area contributed by atoms with E-state index in [4.69, 9.17) is 25.6 Å². The van der Waals surface area contributed by atoms with Crippen molar-refractivity contribution in [3.63, 3.8) is 0 Å². The Morgan fingerprint density at radius 3 is 2.71 bits per heavy atom. The number of aromatic nitrogens is 1. The summed E-state index contributed by atoms with van der Waals surface area (Å²) in [5, 5.41) is 18.0. The van der Waals surface area contributed by atoms with Crippen molar-refractivity contribution in [1.82, 2.24) is 26.2 Å². The molecule has 262 valence electrons. The summed E-state index contributed by atoms with van der Waals surface area (Å²) in [5.74, 6) is -1.93. The number of β-lactam (4-membered cyclic amide) rings is 1. The molecule has 0 saturated carbocycles. The van der Waals surface area contributed by atoms with Crippen LogP contribution in [-0.2, 0) is 40.3 Å². The molecule has 4 heterocycles. The Morgan fingerprint density at radius 2 is 2.10 bits per heavy atom. The van der Waals surface area contributed by atoms with Gasteiger partial charge in [-0.05, 0) is 82.8 Å². The average Bonchev–Trinajstić information content (AvgIpc) is 3.72. The van der Waals surface area contributed by atoms with Crippen LogP contribution in [0.3, 0.4) is 0 Å². The third kappa shape index (κ3) is 7.38. The van der Waals surface area contributed by atoms with Crippen molar-refractivity contribution in [3.8, 4) is 5.75 Å². The maximum Gasteiger partial charge on any atom is 0.418 e. The van der Waals surface area contributed by atoms with Gasteiger partial charge in [-0.3, -0.25) is 24.0 Å². The number of anilines is 1. The van der Waals surface area contributed by atoms with Gasteiger partial charge in [-0.25, -0.2) is 9.78 Å². The van der Waals surface area contributed by atoms with Crippen molar-refractivity contribution in [1.29, 1.82) is 0 Å². The number of hydroxylamine groups is 3. The molecule has 2 saturated heterocycles. The number of benzene rings is 1. The molecule has 0 aliphatic carbocycles. The number of thiazole rings is 1. The standard InChI is InChI=1S/C28H38N8O10S2/c1-27(2)21(24(38)36(27)46-48(41,42)43)34-23(37)20(17-13-47-26(30)33-17)35-45-28(3,25(39)40)19-7-5-15-10-16(4-6-18(15)44-19)22(29)32-12-14-8-9-31-11-14/h4,6,10,13-14,19-21,31,35H,5,7-9,11-12H2,1-3H3,(H2,29,32)(H2,30,33)(H,34,37)(H,39,40)(H,41,42,43)/t14-,19-,20?,21-,28+/m1/s1. The van der Waals surface area contributed by atoms with Gasteiger partial charge in [0.1, 0.15) is 23.7 Å². The van der Waals surface area contributed by atoms with Gasteiger partial charge in [0.05, 0.1) is 11.2 Å². The van der Waals surface area contributed by atoms with Crippen LogP contribution in [0.4, 0.5) is 5.13 Å². The summed E-state index contributed by atoms with van der Waals surface area (Å²) >= 11 is 1.01. The number of amides is 2. The Bertz CT molecular complexity index is 1710. The third-order valence-electron chi connectivity index (χ3n) is 8.64. The molecule has 5 atom stereocenters. The molecule has 5 rings (SSSR count). The number of aryl methyl sites for hydroxylation is 1. The Kier molecular flexibility index (Phi) is 9.98. The molecule has 0 bridgehead atoms. The van der Waals surface area contributed by atoms with Crippen LogP contribution in [0, 0.1) is 5.92 Å². The fraction of sp³-hybridized carbons (Fsp3) is 0.536. The highest BCUT2D eigenvalue weighted by molar-refractivity contribution is 7.80. The molecule has 18 nitrogen and oxygen atoms in total. The maximum absolute atomic E-state index is 13.5. The van der Waals surface area contributed by atoms with Crippen LogP contribution in [0.2, 0.25) is 0 Å². The van der Waals surface area contributed by atoms with Crippen LogP contribution < -0.4 is 32.3 Å². The van der Waals surface area contributed by atoms with Crippen molar-refractivity contribution in [2.45, 2.75) is 69.4 Å². The zero-order chi connectivity index (χ0) is 35.0. The van der Waals surface area contributed by atoms with Gasteiger partial charge in [0.15, 0.2) is 11.2 Å². The van der Waals surface area contributed by atoms with Crippen molar-refractivity contribution < 1.29 is 46.3 Å². The number of carboxylic acids is 1. The predicted molar refractivity (Wildman–Crippen MR) is 171 cm³/mol. The van der Waals surface area contributed by atoms with Crippen LogP contribution in [-0.4, -0.2) is 94.7 Å². The first kappa shape index (κ1) is 35.4. The maximum atomic E-state index is 13.5. The Labute approximate surface area is 280 Å². The number of hydrogen-bond acceptors (Lipinski definition) is 14. The number of hydrogen-bond donors (Lipinski definition) is 7. The number of aliphatic carboxylic acids is 1.